The number of rotatable bonds is 4. The van der Waals surface area contributed by atoms with Gasteiger partial charge in [-0.05, 0) is 0 Å². The minimum atomic E-state index is -1.21. The third-order valence-corrected chi connectivity index (χ3v) is 2.66. The number of benzene rings is 1. The van der Waals surface area contributed by atoms with Crippen molar-refractivity contribution in [2.24, 2.45) is 0 Å². The summed E-state index contributed by atoms with van der Waals surface area (Å²) in [5, 5.41) is 10.6. The van der Waals surface area contributed by atoms with Crippen LogP contribution < -0.4 is 11.2 Å². The maximum atomic E-state index is 13.1. The van der Waals surface area contributed by atoms with Crippen molar-refractivity contribution in [2.45, 2.75) is 6.54 Å². The van der Waals surface area contributed by atoms with Crippen molar-refractivity contribution in [3.63, 3.8) is 0 Å². The molecule has 1 aromatic heterocycles. The van der Waals surface area contributed by atoms with E-state index < -0.39 is 34.3 Å². The fraction of sp³-hybridized carbons (Fsp3) is 0.0833. The number of nitrogens with one attached hydrogen (secondary N) is 1. The summed E-state index contributed by atoms with van der Waals surface area (Å²) in [4.78, 5) is 45.9. The second kappa shape index (κ2) is 5.49. The molecule has 1 N–H and O–H groups in total. The Morgan fingerprint density at radius 2 is 2.10 bits per heavy atom. The summed E-state index contributed by atoms with van der Waals surface area (Å²) in [6.07, 6.45) is 0.608. The first-order valence-electron chi connectivity index (χ1n) is 5.65. The number of non-ortho nitro benzene ring substituents is 1. The molecule has 108 valence electrons. The normalized spacial score (nSPS) is 10.3. The summed E-state index contributed by atoms with van der Waals surface area (Å²) >= 11 is 0. The van der Waals surface area contributed by atoms with Gasteiger partial charge in [-0.15, -0.1) is 0 Å². The van der Waals surface area contributed by atoms with Crippen molar-refractivity contribution in [3.05, 3.63) is 72.8 Å². The Bertz CT molecular complexity index is 839. The lowest BCUT2D eigenvalue weighted by atomic mass is 10.1. The molecule has 0 radical (unpaired) electrons. The van der Waals surface area contributed by atoms with E-state index in [1.165, 1.54) is 18.2 Å². The second-order valence-electron chi connectivity index (χ2n) is 4.09. The number of halogens is 1. The standard InChI is InChI=1S/C12H8FN3O5/c13-9-5-15(12(19)14-11(9)18)6-10(17)7-2-1-3-8(4-7)16(20)21/h1-5H,6H2,(H,14,18,19). The molecule has 2 rings (SSSR count). The Hall–Kier alpha value is -3.10. The molecule has 8 nitrogen and oxygen atoms in total. The molecule has 1 aromatic carbocycles. The van der Waals surface area contributed by atoms with Gasteiger partial charge in [-0.25, -0.2) is 4.79 Å². The molecular weight excluding hydrogens is 285 g/mol. The molecule has 0 aliphatic heterocycles. The number of Topliss-reactive ketones (excluding diaryl/α,β-unsaturated/α-hetero) is 1. The Morgan fingerprint density at radius 3 is 2.76 bits per heavy atom. The fourth-order valence-corrected chi connectivity index (χ4v) is 1.64. The number of aromatic nitrogens is 2. The second-order valence-corrected chi connectivity index (χ2v) is 4.09. The Morgan fingerprint density at radius 1 is 1.38 bits per heavy atom. The topological polar surface area (TPSA) is 115 Å². The summed E-state index contributed by atoms with van der Waals surface area (Å²) < 4.78 is 13.8. The van der Waals surface area contributed by atoms with Gasteiger partial charge in [0.2, 0.25) is 5.82 Å². The Balaban J connectivity index is 2.32. The van der Waals surface area contributed by atoms with E-state index in [0.717, 1.165) is 6.07 Å². The fourth-order valence-electron chi connectivity index (χ4n) is 1.64. The molecule has 9 heteroatoms. The zero-order valence-electron chi connectivity index (χ0n) is 10.4. The first-order valence-corrected chi connectivity index (χ1v) is 5.65. The molecule has 0 unspecified atom stereocenters. The van der Waals surface area contributed by atoms with Crippen LogP contribution >= 0.6 is 0 Å². The average molecular weight is 293 g/mol. The summed E-state index contributed by atoms with van der Waals surface area (Å²) in [5.41, 5.74) is -2.40. The summed E-state index contributed by atoms with van der Waals surface area (Å²) in [7, 11) is 0. The van der Waals surface area contributed by atoms with Crippen LogP contribution in [-0.4, -0.2) is 20.3 Å². The third kappa shape index (κ3) is 3.08. The Kier molecular flexibility index (Phi) is 3.74. The van der Waals surface area contributed by atoms with Crippen LogP contribution in [0.15, 0.2) is 40.1 Å². The monoisotopic (exact) mass is 293 g/mol. The molecule has 0 atom stereocenters. The van der Waals surface area contributed by atoms with Gasteiger partial charge in [0.15, 0.2) is 5.78 Å². The zero-order chi connectivity index (χ0) is 15.6. The number of aromatic amines is 1. The quantitative estimate of drug-likeness (QED) is 0.499. The zero-order valence-corrected chi connectivity index (χ0v) is 10.4. The molecule has 0 saturated carbocycles. The number of H-pyrrole nitrogens is 1. The van der Waals surface area contributed by atoms with Crippen molar-refractivity contribution in [3.8, 4) is 0 Å². The predicted octanol–water partition coefficient (Wildman–Crippen LogP) is 0.467. The molecule has 0 bridgehead atoms. The number of nitro benzene ring substituents is 1. The number of nitrogens with zero attached hydrogens (tertiary/aromatic N) is 2. The van der Waals surface area contributed by atoms with E-state index in [1.807, 2.05) is 0 Å². The van der Waals surface area contributed by atoms with Gasteiger partial charge >= 0.3 is 5.69 Å². The van der Waals surface area contributed by atoms with E-state index >= 15 is 0 Å². The minimum Gasteiger partial charge on any atom is -0.292 e. The maximum Gasteiger partial charge on any atom is 0.328 e. The Labute approximate surface area is 115 Å². The minimum absolute atomic E-state index is 0.00251. The van der Waals surface area contributed by atoms with Gasteiger partial charge < -0.3 is 0 Å². The van der Waals surface area contributed by atoms with E-state index in [4.69, 9.17) is 0 Å². The molecule has 0 spiro atoms. The highest BCUT2D eigenvalue weighted by Gasteiger charge is 2.13. The SMILES string of the molecule is O=C(Cn1cc(F)c(=O)[nH]c1=O)c1cccc([N+](=O)[O-])c1. The van der Waals surface area contributed by atoms with Gasteiger partial charge in [0.25, 0.3) is 11.2 Å². The van der Waals surface area contributed by atoms with E-state index in [2.05, 4.69) is 0 Å². The molecule has 0 amide bonds. The molecule has 21 heavy (non-hydrogen) atoms. The van der Waals surface area contributed by atoms with E-state index in [0.29, 0.717) is 10.8 Å². The van der Waals surface area contributed by atoms with E-state index in [1.54, 1.807) is 4.98 Å². The van der Waals surface area contributed by atoms with Crippen molar-refractivity contribution >= 4 is 11.5 Å². The average Bonchev–Trinajstić information content (AvgIpc) is 2.44. The van der Waals surface area contributed by atoms with Gasteiger partial charge in [0, 0.05) is 17.7 Å². The summed E-state index contributed by atoms with van der Waals surface area (Å²) in [6.45, 7) is -0.548. The van der Waals surface area contributed by atoms with E-state index in [-0.39, 0.29) is 11.3 Å². The number of ketones is 1. The molecule has 0 saturated heterocycles. The van der Waals surface area contributed by atoms with Crippen molar-refractivity contribution in [2.75, 3.05) is 0 Å². The lowest BCUT2D eigenvalue weighted by Gasteiger charge is -2.04. The van der Waals surface area contributed by atoms with Crippen molar-refractivity contribution < 1.29 is 14.1 Å². The van der Waals surface area contributed by atoms with Gasteiger partial charge in [-0.3, -0.25) is 29.3 Å². The third-order valence-electron chi connectivity index (χ3n) is 2.66. The molecule has 0 fully saturated rings. The van der Waals surface area contributed by atoms with Gasteiger partial charge in [-0.1, -0.05) is 12.1 Å². The number of carbonyl (C=O) groups excluding carboxylic acids is 1. The lowest BCUT2D eigenvalue weighted by molar-refractivity contribution is -0.384. The molecular formula is C12H8FN3O5. The van der Waals surface area contributed by atoms with Crippen LogP contribution in [0.2, 0.25) is 0 Å². The molecule has 2 aromatic rings. The largest absolute Gasteiger partial charge is 0.328 e. The number of hydrogen-bond acceptors (Lipinski definition) is 5. The van der Waals surface area contributed by atoms with Crippen molar-refractivity contribution in [1.29, 1.82) is 0 Å². The molecule has 1 heterocycles. The number of hydrogen-bond donors (Lipinski definition) is 1. The molecule has 0 aliphatic carbocycles. The van der Waals surface area contributed by atoms with Gasteiger partial charge in [0.05, 0.1) is 17.7 Å². The van der Waals surface area contributed by atoms with Crippen LogP contribution in [0.1, 0.15) is 10.4 Å². The molecule has 0 aliphatic rings. The number of nitro groups is 1. The smallest absolute Gasteiger partial charge is 0.292 e. The van der Waals surface area contributed by atoms with Crippen LogP contribution in [0.3, 0.4) is 0 Å². The number of carbonyl (C=O) groups is 1. The van der Waals surface area contributed by atoms with Crippen LogP contribution in [-0.2, 0) is 6.54 Å². The van der Waals surface area contributed by atoms with Crippen LogP contribution in [0, 0.1) is 15.9 Å². The summed E-state index contributed by atoms with van der Waals surface area (Å²) in [5.74, 6) is -1.84. The summed E-state index contributed by atoms with van der Waals surface area (Å²) in [6, 6.07) is 4.92. The highest BCUT2D eigenvalue weighted by atomic mass is 19.1. The predicted molar refractivity (Wildman–Crippen MR) is 68.7 cm³/mol. The van der Waals surface area contributed by atoms with Crippen LogP contribution in [0.4, 0.5) is 10.1 Å². The highest BCUT2D eigenvalue weighted by molar-refractivity contribution is 5.96. The lowest BCUT2D eigenvalue weighted by Crippen LogP contribution is -2.33. The van der Waals surface area contributed by atoms with Gasteiger partial charge in [-0.2, -0.15) is 4.39 Å². The maximum absolute atomic E-state index is 13.1. The van der Waals surface area contributed by atoms with Gasteiger partial charge in [0.1, 0.15) is 0 Å². The van der Waals surface area contributed by atoms with E-state index in [9.17, 15) is 28.9 Å². The highest BCUT2D eigenvalue weighted by Crippen LogP contribution is 2.13. The van der Waals surface area contributed by atoms with Crippen LogP contribution in [0.25, 0.3) is 0 Å². The van der Waals surface area contributed by atoms with Crippen molar-refractivity contribution in [1.82, 2.24) is 9.55 Å². The van der Waals surface area contributed by atoms with Crippen LogP contribution in [0.5, 0.6) is 0 Å². The first kappa shape index (κ1) is 14.3. The first-order chi connectivity index (χ1) is 9.88.